The third-order valence-electron chi connectivity index (χ3n) is 4.11. The van der Waals surface area contributed by atoms with Gasteiger partial charge in [0.15, 0.2) is 0 Å². The number of hydrogen-bond donors (Lipinski definition) is 1. The molecule has 2 aliphatic rings. The summed E-state index contributed by atoms with van der Waals surface area (Å²) in [6, 6.07) is 1.38. The minimum atomic E-state index is -0.350. The Balaban J connectivity index is 1.86. The standard InChI is InChI=1S/C15H20N2O2S/c1-9(2)13-14(18)16-12(11-3-4-11)15(19)17(13)7-10-5-6-20-8-10/h5-6,8-9,11-13H,3-4,7H2,1-2H3,(H,16,18). The van der Waals surface area contributed by atoms with Crippen LogP contribution in [0, 0.1) is 11.8 Å². The van der Waals surface area contributed by atoms with E-state index >= 15 is 0 Å². The van der Waals surface area contributed by atoms with Gasteiger partial charge in [0.1, 0.15) is 12.1 Å². The lowest BCUT2D eigenvalue weighted by Gasteiger charge is -2.41. The van der Waals surface area contributed by atoms with Crippen molar-refractivity contribution in [1.29, 1.82) is 0 Å². The molecule has 1 saturated carbocycles. The third kappa shape index (κ3) is 2.46. The van der Waals surface area contributed by atoms with E-state index in [1.54, 1.807) is 16.2 Å². The van der Waals surface area contributed by atoms with Crippen molar-refractivity contribution in [2.75, 3.05) is 0 Å². The molecule has 1 aromatic rings. The second-order valence-corrected chi connectivity index (χ2v) is 6.89. The van der Waals surface area contributed by atoms with Crippen molar-refractivity contribution in [2.45, 2.75) is 45.3 Å². The molecule has 2 amide bonds. The highest BCUT2D eigenvalue weighted by molar-refractivity contribution is 7.07. The molecule has 2 unspecified atom stereocenters. The molecule has 2 heterocycles. The van der Waals surface area contributed by atoms with Crippen molar-refractivity contribution in [2.24, 2.45) is 11.8 Å². The van der Waals surface area contributed by atoms with Gasteiger partial charge in [0.05, 0.1) is 0 Å². The molecule has 4 nitrogen and oxygen atoms in total. The lowest BCUT2D eigenvalue weighted by molar-refractivity contribution is -0.152. The fraction of sp³-hybridized carbons (Fsp3) is 0.600. The predicted octanol–water partition coefficient (Wildman–Crippen LogP) is 2.01. The molecule has 20 heavy (non-hydrogen) atoms. The Morgan fingerprint density at radius 2 is 2.15 bits per heavy atom. The number of rotatable bonds is 4. The van der Waals surface area contributed by atoms with Gasteiger partial charge in [-0.3, -0.25) is 9.59 Å². The molecule has 1 aromatic heterocycles. The number of thiophene rings is 1. The zero-order valence-corrected chi connectivity index (χ0v) is 12.7. The number of carbonyl (C=O) groups excluding carboxylic acids is 2. The zero-order valence-electron chi connectivity index (χ0n) is 11.8. The number of piperazine rings is 1. The topological polar surface area (TPSA) is 49.4 Å². The van der Waals surface area contributed by atoms with Gasteiger partial charge in [-0.15, -0.1) is 0 Å². The molecule has 0 radical (unpaired) electrons. The van der Waals surface area contributed by atoms with Crippen LogP contribution in [0.1, 0.15) is 32.3 Å². The summed E-state index contributed by atoms with van der Waals surface area (Å²) in [5.41, 5.74) is 1.11. The van der Waals surface area contributed by atoms with Gasteiger partial charge in [-0.2, -0.15) is 11.3 Å². The fourth-order valence-corrected chi connectivity index (χ4v) is 3.58. The summed E-state index contributed by atoms with van der Waals surface area (Å²) in [6.07, 6.45) is 2.10. The number of nitrogens with one attached hydrogen (secondary N) is 1. The van der Waals surface area contributed by atoms with Crippen molar-refractivity contribution in [3.8, 4) is 0 Å². The molecule has 3 rings (SSSR count). The van der Waals surface area contributed by atoms with Gasteiger partial charge >= 0.3 is 0 Å². The molecular weight excluding hydrogens is 272 g/mol. The van der Waals surface area contributed by atoms with E-state index in [1.165, 1.54) is 0 Å². The van der Waals surface area contributed by atoms with Crippen LogP contribution in [0.15, 0.2) is 16.8 Å². The maximum atomic E-state index is 12.7. The second-order valence-electron chi connectivity index (χ2n) is 6.11. The summed E-state index contributed by atoms with van der Waals surface area (Å²) >= 11 is 1.62. The quantitative estimate of drug-likeness (QED) is 0.923. The summed E-state index contributed by atoms with van der Waals surface area (Å²) in [6.45, 7) is 4.53. The van der Waals surface area contributed by atoms with Crippen LogP contribution < -0.4 is 5.32 Å². The van der Waals surface area contributed by atoms with E-state index in [-0.39, 0.29) is 29.8 Å². The summed E-state index contributed by atoms with van der Waals surface area (Å²) in [5, 5.41) is 6.99. The molecule has 5 heteroatoms. The third-order valence-corrected chi connectivity index (χ3v) is 4.84. The van der Waals surface area contributed by atoms with Crippen molar-refractivity contribution in [3.05, 3.63) is 22.4 Å². The largest absolute Gasteiger partial charge is 0.342 e. The van der Waals surface area contributed by atoms with Crippen LogP contribution in [0.4, 0.5) is 0 Å². The van der Waals surface area contributed by atoms with Gasteiger partial charge in [0.2, 0.25) is 11.8 Å². The predicted molar refractivity (Wildman–Crippen MR) is 78.1 cm³/mol. The number of carbonyl (C=O) groups is 2. The first-order valence-corrected chi connectivity index (χ1v) is 8.14. The van der Waals surface area contributed by atoms with E-state index in [1.807, 2.05) is 30.7 Å². The first kappa shape index (κ1) is 13.6. The first-order chi connectivity index (χ1) is 9.58. The molecule has 1 aliphatic carbocycles. The van der Waals surface area contributed by atoms with Gasteiger partial charge in [-0.1, -0.05) is 13.8 Å². The molecule has 2 fully saturated rings. The first-order valence-electron chi connectivity index (χ1n) is 7.20. The van der Waals surface area contributed by atoms with Crippen LogP contribution in [-0.4, -0.2) is 28.8 Å². The van der Waals surface area contributed by atoms with Gasteiger partial charge < -0.3 is 10.2 Å². The smallest absolute Gasteiger partial charge is 0.246 e. The van der Waals surface area contributed by atoms with Crippen LogP contribution in [0.5, 0.6) is 0 Å². The number of hydrogen-bond acceptors (Lipinski definition) is 3. The molecule has 0 spiro atoms. The van der Waals surface area contributed by atoms with Crippen molar-refractivity contribution in [3.63, 3.8) is 0 Å². The number of amides is 2. The van der Waals surface area contributed by atoms with Crippen molar-refractivity contribution in [1.82, 2.24) is 10.2 Å². The monoisotopic (exact) mass is 292 g/mol. The highest BCUT2D eigenvalue weighted by atomic mass is 32.1. The molecule has 0 aromatic carbocycles. The van der Waals surface area contributed by atoms with Crippen LogP contribution in [0.25, 0.3) is 0 Å². The Bertz CT molecular complexity index is 508. The van der Waals surface area contributed by atoms with Gasteiger partial charge in [0.25, 0.3) is 0 Å². The maximum absolute atomic E-state index is 12.7. The Morgan fingerprint density at radius 1 is 1.40 bits per heavy atom. The molecule has 1 saturated heterocycles. The van der Waals surface area contributed by atoms with Crippen LogP contribution in [-0.2, 0) is 16.1 Å². The summed E-state index contributed by atoms with van der Waals surface area (Å²) < 4.78 is 0. The van der Waals surface area contributed by atoms with E-state index in [9.17, 15) is 9.59 Å². The highest BCUT2D eigenvalue weighted by Crippen LogP contribution is 2.36. The van der Waals surface area contributed by atoms with E-state index < -0.39 is 0 Å². The lowest BCUT2D eigenvalue weighted by atomic mass is 9.95. The minimum Gasteiger partial charge on any atom is -0.342 e. The van der Waals surface area contributed by atoms with Gasteiger partial charge in [-0.05, 0) is 47.1 Å². The molecule has 108 valence electrons. The zero-order chi connectivity index (χ0) is 14.3. The summed E-state index contributed by atoms with van der Waals surface area (Å²) in [7, 11) is 0. The Labute approximate surface area is 123 Å². The molecule has 0 bridgehead atoms. The molecule has 1 N–H and O–H groups in total. The van der Waals surface area contributed by atoms with Crippen LogP contribution in [0.2, 0.25) is 0 Å². The Hall–Kier alpha value is -1.36. The molecular formula is C15H20N2O2S. The average molecular weight is 292 g/mol. The fourth-order valence-electron chi connectivity index (χ4n) is 2.92. The second kappa shape index (κ2) is 5.20. The summed E-state index contributed by atoms with van der Waals surface area (Å²) in [4.78, 5) is 26.9. The highest BCUT2D eigenvalue weighted by Gasteiger charge is 2.47. The summed E-state index contributed by atoms with van der Waals surface area (Å²) in [5.74, 6) is 0.575. The molecule has 1 aliphatic heterocycles. The lowest BCUT2D eigenvalue weighted by Crippen LogP contribution is -2.65. The van der Waals surface area contributed by atoms with E-state index in [4.69, 9.17) is 0 Å². The van der Waals surface area contributed by atoms with Crippen molar-refractivity contribution >= 4 is 23.2 Å². The van der Waals surface area contributed by atoms with E-state index in [2.05, 4.69) is 5.32 Å². The van der Waals surface area contributed by atoms with E-state index in [0.29, 0.717) is 12.5 Å². The molecule has 2 atom stereocenters. The van der Waals surface area contributed by atoms with Gasteiger partial charge in [-0.25, -0.2) is 0 Å². The normalized spacial score (nSPS) is 27.1. The van der Waals surface area contributed by atoms with Gasteiger partial charge in [0, 0.05) is 6.54 Å². The Kier molecular flexibility index (Phi) is 3.54. The SMILES string of the molecule is CC(C)C1C(=O)NC(C2CC2)C(=O)N1Cc1ccsc1. The maximum Gasteiger partial charge on any atom is 0.246 e. The van der Waals surface area contributed by atoms with E-state index in [0.717, 1.165) is 18.4 Å². The number of nitrogens with zero attached hydrogens (tertiary/aromatic N) is 1. The average Bonchev–Trinajstić information content (AvgIpc) is 3.11. The van der Waals surface area contributed by atoms with Crippen LogP contribution in [0.3, 0.4) is 0 Å². The Morgan fingerprint density at radius 3 is 2.70 bits per heavy atom. The van der Waals surface area contributed by atoms with Crippen LogP contribution >= 0.6 is 11.3 Å². The van der Waals surface area contributed by atoms with Crippen molar-refractivity contribution < 1.29 is 9.59 Å². The minimum absolute atomic E-state index is 0.00623.